The van der Waals surface area contributed by atoms with Crippen LogP contribution in [0.3, 0.4) is 0 Å². The molecular weight excluding hydrogens is 391 g/mol. The van der Waals surface area contributed by atoms with E-state index in [-0.39, 0.29) is 0 Å². The van der Waals surface area contributed by atoms with Crippen LogP contribution >= 0.6 is 22.6 Å². The summed E-state index contributed by atoms with van der Waals surface area (Å²) in [7, 11) is 0. The summed E-state index contributed by atoms with van der Waals surface area (Å²) in [5.41, 5.74) is 6.68. The fourth-order valence-corrected chi connectivity index (χ4v) is 4.04. The van der Waals surface area contributed by atoms with Crippen LogP contribution in [0.5, 0.6) is 0 Å². The maximum absolute atomic E-state index is 2.68. The molecule has 0 aromatic heterocycles. The van der Waals surface area contributed by atoms with Gasteiger partial charge in [0.15, 0.2) is 0 Å². The molecule has 1 saturated carbocycles. The van der Waals surface area contributed by atoms with E-state index < -0.39 is 0 Å². The third kappa shape index (κ3) is 6.07. The highest BCUT2D eigenvalue weighted by Gasteiger charge is 2.38. The third-order valence-corrected chi connectivity index (χ3v) is 7.53. The molecule has 1 heteroatoms. The van der Waals surface area contributed by atoms with E-state index in [2.05, 4.69) is 69.3 Å². The average Bonchev–Trinajstić information content (AvgIpc) is 3.21. The van der Waals surface area contributed by atoms with Gasteiger partial charge in [-0.25, -0.2) is 0 Å². The van der Waals surface area contributed by atoms with E-state index >= 15 is 0 Å². The van der Waals surface area contributed by atoms with Crippen molar-refractivity contribution in [1.82, 2.24) is 0 Å². The van der Waals surface area contributed by atoms with Gasteiger partial charge in [0.25, 0.3) is 0 Å². The Morgan fingerprint density at radius 2 is 1.52 bits per heavy atom. The highest BCUT2D eigenvalue weighted by Crippen LogP contribution is 2.48. The molecule has 0 N–H and O–H groups in total. The molecule has 1 aromatic carbocycles. The molecule has 130 valence electrons. The minimum atomic E-state index is 0.501. The van der Waals surface area contributed by atoms with E-state index in [1.807, 2.05) is 0 Å². The molecule has 0 radical (unpaired) electrons. The second-order valence-corrected chi connectivity index (χ2v) is 10.9. The topological polar surface area (TPSA) is 0 Å². The Balaban J connectivity index is 1.88. The summed E-state index contributed by atoms with van der Waals surface area (Å²) in [6.07, 6.45) is 12.1. The zero-order valence-electron chi connectivity index (χ0n) is 15.9. The molecule has 0 amide bonds. The minimum absolute atomic E-state index is 0.501. The summed E-state index contributed by atoms with van der Waals surface area (Å²) in [6, 6.07) is 4.95. The van der Waals surface area contributed by atoms with E-state index in [1.165, 1.54) is 68.9 Å². The van der Waals surface area contributed by atoms with Gasteiger partial charge in [-0.15, -0.1) is 0 Å². The second kappa shape index (κ2) is 7.89. The van der Waals surface area contributed by atoms with Gasteiger partial charge in [-0.3, -0.25) is 0 Å². The number of hydrogen-bond acceptors (Lipinski definition) is 0. The van der Waals surface area contributed by atoms with E-state index in [4.69, 9.17) is 0 Å². The first-order valence-electron chi connectivity index (χ1n) is 9.53. The maximum atomic E-state index is 2.68. The van der Waals surface area contributed by atoms with Gasteiger partial charge in [-0.2, -0.15) is 0 Å². The molecule has 1 aromatic rings. The van der Waals surface area contributed by atoms with Crippen LogP contribution in [0.1, 0.15) is 88.0 Å². The number of benzene rings is 1. The molecule has 0 bridgehead atoms. The lowest BCUT2D eigenvalue weighted by molar-refractivity contribution is 0.313. The van der Waals surface area contributed by atoms with Crippen LogP contribution in [0.15, 0.2) is 12.1 Å². The van der Waals surface area contributed by atoms with Crippen LogP contribution in [0, 0.1) is 19.3 Å². The van der Waals surface area contributed by atoms with E-state index in [9.17, 15) is 0 Å². The number of aryl methyl sites for hydroxylation is 4. The average molecular weight is 426 g/mol. The van der Waals surface area contributed by atoms with Crippen molar-refractivity contribution in [3.8, 4) is 0 Å². The molecular formula is C22H35I. The van der Waals surface area contributed by atoms with Crippen molar-refractivity contribution in [3.63, 3.8) is 0 Å². The summed E-state index contributed by atoms with van der Waals surface area (Å²) in [5.74, 6) is 0. The smallest absolute Gasteiger partial charge is 0.0223 e. The van der Waals surface area contributed by atoms with Crippen LogP contribution in [0.4, 0.5) is 0 Å². The van der Waals surface area contributed by atoms with E-state index in [1.54, 1.807) is 11.1 Å². The van der Waals surface area contributed by atoms with Crippen molar-refractivity contribution in [3.05, 3.63) is 34.4 Å². The van der Waals surface area contributed by atoms with Crippen LogP contribution in [0.25, 0.3) is 0 Å². The number of hydrogen-bond donors (Lipinski definition) is 0. The van der Waals surface area contributed by atoms with E-state index in [0.29, 0.717) is 8.84 Å². The van der Waals surface area contributed by atoms with Crippen molar-refractivity contribution in [2.24, 2.45) is 5.41 Å². The number of rotatable bonds is 9. The van der Waals surface area contributed by atoms with Crippen molar-refractivity contribution in [1.29, 1.82) is 0 Å². The minimum Gasteiger partial charge on any atom is -0.0789 e. The Labute approximate surface area is 158 Å². The largest absolute Gasteiger partial charge is 0.0789 e. The molecule has 0 aliphatic heterocycles. The Morgan fingerprint density at radius 3 is 2.00 bits per heavy atom. The molecule has 0 saturated heterocycles. The molecule has 0 nitrogen and oxygen atoms in total. The zero-order valence-corrected chi connectivity index (χ0v) is 18.1. The summed E-state index contributed by atoms with van der Waals surface area (Å²) in [4.78, 5) is 0. The van der Waals surface area contributed by atoms with Gasteiger partial charge in [0.2, 0.25) is 0 Å². The Kier molecular flexibility index (Phi) is 6.61. The van der Waals surface area contributed by atoms with Crippen LogP contribution in [-0.2, 0) is 12.8 Å². The molecule has 0 heterocycles. The Bertz CT molecular complexity index is 523. The SMILES string of the molecule is CCC(C)(C)CCCc1cc(C)c(CCCC2(I)CC2)cc1C. The highest BCUT2D eigenvalue weighted by molar-refractivity contribution is 14.1. The summed E-state index contributed by atoms with van der Waals surface area (Å²) < 4.78 is 0.673. The Hall–Kier alpha value is -0.0500. The summed E-state index contributed by atoms with van der Waals surface area (Å²) in [6.45, 7) is 11.7. The molecule has 2 rings (SSSR count). The summed E-state index contributed by atoms with van der Waals surface area (Å²) >= 11 is 2.68. The molecule has 23 heavy (non-hydrogen) atoms. The van der Waals surface area contributed by atoms with Crippen LogP contribution in [-0.4, -0.2) is 3.42 Å². The lowest BCUT2D eigenvalue weighted by atomic mass is 9.83. The maximum Gasteiger partial charge on any atom is 0.0223 e. The molecule has 0 atom stereocenters. The van der Waals surface area contributed by atoms with Crippen LogP contribution < -0.4 is 0 Å². The highest BCUT2D eigenvalue weighted by atomic mass is 127. The van der Waals surface area contributed by atoms with Gasteiger partial charge in [0.05, 0.1) is 0 Å². The Morgan fingerprint density at radius 1 is 1.00 bits per heavy atom. The quantitative estimate of drug-likeness (QED) is 0.286. The molecule has 0 spiro atoms. The lowest BCUT2D eigenvalue weighted by Gasteiger charge is -2.22. The summed E-state index contributed by atoms with van der Waals surface area (Å²) in [5, 5.41) is 0. The molecule has 1 aliphatic carbocycles. The van der Waals surface area contributed by atoms with Gasteiger partial charge >= 0.3 is 0 Å². The first-order chi connectivity index (χ1) is 10.7. The predicted molar refractivity (Wildman–Crippen MR) is 112 cm³/mol. The van der Waals surface area contributed by atoms with Gasteiger partial charge in [-0.1, -0.05) is 61.9 Å². The fourth-order valence-electron chi connectivity index (χ4n) is 3.39. The third-order valence-electron chi connectivity index (χ3n) is 5.91. The fraction of sp³-hybridized carbons (Fsp3) is 0.727. The first kappa shape index (κ1) is 19.3. The standard InChI is InChI=1S/C22H35I/c1-6-21(4,5)11-7-9-19-15-18(3)20(16-17(19)2)10-8-12-22(23)13-14-22/h15-16H,6-14H2,1-5H3. The lowest BCUT2D eigenvalue weighted by Crippen LogP contribution is -2.09. The van der Waals surface area contributed by atoms with Gasteiger partial charge in [0.1, 0.15) is 0 Å². The van der Waals surface area contributed by atoms with E-state index in [0.717, 1.165) is 0 Å². The van der Waals surface area contributed by atoms with Crippen molar-refractivity contribution < 1.29 is 0 Å². The van der Waals surface area contributed by atoms with Crippen LogP contribution in [0.2, 0.25) is 0 Å². The second-order valence-electron chi connectivity index (χ2n) is 8.58. The number of alkyl halides is 1. The molecule has 0 unspecified atom stereocenters. The van der Waals surface area contributed by atoms with Crippen molar-refractivity contribution in [2.45, 2.75) is 95.8 Å². The monoisotopic (exact) mass is 426 g/mol. The predicted octanol–water partition coefficient (Wildman–Crippen LogP) is 7.35. The van der Waals surface area contributed by atoms with Crippen molar-refractivity contribution in [2.75, 3.05) is 0 Å². The van der Waals surface area contributed by atoms with Crippen molar-refractivity contribution >= 4 is 22.6 Å². The van der Waals surface area contributed by atoms with Gasteiger partial charge in [0, 0.05) is 3.42 Å². The normalized spacial score (nSPS) is 16.6. The number of halogens is 1. The molecule has 1 fully saturated rings. The van der Waals surface area contributed by atoms with Gasteiger partial charge in [-0.05, 0) is 92.9 Å². The first-order valence-corrected chi connectivity index (χ1v) is 10.6. The zero-order chi connectivity index (χ0) is 17.1. The molecule has 1 aliphatic rings. The van der Waals surface area contributed by atoms with Gasteiger partial charge < -0.3 is 0 Å².